The van der Waals surface area contributed by atoms with Gasteiger partial charge in [-0.2, -0.15) is 0 Å². The molecule has 0 aliphatic carbocycles. The van der Waals surface area contributed by atoms with Gasteiger partial charge in [0.05, 0.1) is 11.7 Å². The Kier molecular flexibility index (Phi) is 1.54. The minimum Gasteiger partial charge on any atom is -0.395 e. The lowest BCUT2D eigenvalue weighted by Crippen LogP contribution is -2.25. The van der Waals surface area contributed by atoms with Crippen molar-refractivity contribution < 1.29 is 4.84 Å². The SMILES string of the molecule is BrCN1C=CON1. The van der Waals surface area contributed by atoms with E-state index in [0.29, 0.717) is 0 Å². The lowest BCUT2D eigenvalue weighted by Gasteiger charge is -2.06. The van der Waals surface area contributed by atoms with Gasteiger partial charge >= 0.3 is 0 Å². The van der Waals surface area contributed by atoms with Gasteiger partial charge in [-0.05, 0) is 0 Å². The fourth-order valence-corrected chi connectivity index (χ4v) is 0.566. The summed E-state index contributed by atoms with van der Waals surface area (Å²) < 4.78 is 0. The van der Waals surface area contributed by atoms with E-state index in [9.17, 15) is 0 Å². The lowest BCUT2D eigenvalue weighted by atomic mass is 10.9. The highest BCUT2D eigenvalue weighted by atomic mass is 79.9. The molecule has 4 heteroatoms. The fraction of sp³-hybridized carbons (Fsp3) is 0.333. The van der Waals surface area contributed by atoms with Gasteiger partial charge in [0.15, 0.2) is 0 Å². The third-order valence-corrected chi connectivity index (χ3v) is 1.15. The number of hydrogen-bond acceptors (Lipinski definition) is 3. The van der Waals surface area contributed by atoms with Crippen molar-refractivity contribution in [2.45, 2.75) is 0 Å². The summed E-state index contributed by atoms with van der Waals surface area (Å²) in [6, 6.07) is 0. The highest BCUT2D eigenvalue weighted by Gasteiger charge is 1.98. The Labute approximate surface area is 50.0 Å². The molecule has 0 bridgehead atoms. The number of alkyl halides is 1. The molecule has 1 heterocycles. The summed E-state index contributed by atoms with van der Waals surface area (Å²) in [5, 5.41) is 1.75. The monoisotopic (exact) mass is 164 g/mol. The van der Waals surface area contributed by atoms with Crippen LogP contribution in [0.2, 0.25) is 0 Å². The number of nitrogens with zero attached hydrogens (tertiary/aromatic N) is 1. The second kappa shape index (κ2) is 2.18. The van der Waals surface area contributed by atoms with E-state index in [-0.39, 0.29) is 0 Å². The Morgan fingerprint density at radius 1 is 1.86 bits per heavy atom. The van der Waals surface area contributed by atoms with E-state index in [0.717, 1.165) is 5.45 Å². The Morgan fingerprint density at radius 2 is 2.71 bits per heavy atom. The van der Waals surface area contributed by atoms with Gasteiger partial charge in [0.1, 0.15) is 6.26 Å². The van der Waals surface area contributed by atoms with Gasteiger partial charge in [-0.1, -0.05) is 21.5 Å². The summed E-state index contributed by atoms with van der Waals surface area (Å²) in [5.74, 6) is 0. The summed E-state index contributed by atoms with van der Waals surface area (Å²) in [4.78, 5) is 4.61. The maximum atomic E-state index is 4.61. The zero-order valence-corrected chi connectivity index (χ0v) is 5.18. The van der Waals surface area contributed by atoms with Crippen LogP contribution < -0.4 is 5.59 Å². The van der Waals surface area contributed by atoms with Crippen molar-refractivity contribution in [2.24, 2.45) is 0 Å². The summed E-state index contributed by atoms with van der Waals surface area (Å²) in [6.45, 7) is 0. The van der Waals surface area contributed by atoms with Crippen LogP contribution in [0.5, 0.6) is 0 Å². The fourth-order valence-electron chi connectivity index (χ4n) is 0.297. The molecule has 0 aromatic heterocycles. The second-order valence-electron chi connectivity index (χ2n) is 1.08. The zero-order valence-electron chi connectivity index (χ0n) is 3.60. The molecule has 0 aromatic carbocycles. The number of rotatable bonds is 1. The van der Waals surface area contributed by atoms with Crippen LogP contribution >= 0.6 is 15.9 Å². The van der Waals surface area contributed by atoms with Gasteiger partial charge in [0, 0.05) is 0 Å². The van der Waals surface area contributed by atoms with Gasteiger partial charge in [0.25, 0.3) is 0 Å². The topological polar surface area (TPSA) is 24.5 Å². The van der Waals surface area contributed by atoms with Crippen molar-refractivity contribution in [3.63, 3.8) is 0 Å². The first-order valence-corrected chi connectivity index (χ1v) is 2.96. The van der Waals surface area contributed by atoms with Crippen LogP contribution in [0.4, 0.5) is 0 Å². The van der Waals surface area contributed by atoms with Crippen LogP contribution in [-0.4, -0.2) is 10.5 Å². The van der Waals surface area contributed by atoms with Gasteiger partial charge < -0.3 is 4.84 Å². The maximum Gasteiger partial charge on any atom is 0.131 e. The molecular formula is C3H5BrN2O. The third kappa shape index (κ3) is 1.07. The smallest absolute Gasteiger partial charge is 0.131 e. The molecule has 0 atom stereocenters. The first-order valence-electron chi connectivity index (χ1n) is 1.84. The van der Waals surface area contributed by atoms with Gasteiger partial charge in [-0.3, -0.25) is 5.01 Å². The Balaban J connectivity index is 2.28. The van der Waals surface area contributed by atoms with Crippen LogP contribution in [0.15, 0.2) is 12.5 Å². The van der Waals surface area contributed by atoms with Crippen molar-refractivity contribution in [2.75, 3.05) is 5.45 Å². The maximum absolute atomic E-state index is 4.61. The van der Waals surface area contributed by atoms with E-state index in [4.69, 9.17) is 0 Å². The minimum atomic E-state index is 0.740. The van der Waals surface area contributed by atoms with Crippen molar-refractivity contribution >= 4 is 15.9 Å². The average Bonchev–Trinajstić information content (AvgIpc) is 2.14. The van der Waals surface area contributed by atoms with Gasteiger partial charge in [-0.15, -0.1) is 0 Å². The Morgan fingerprint density at radius 3 is 3.00 bits per heavy atom. The van der Waals surface area contributed by atoms with Crippen LogP contribution in [0, 0.1) is 0 Å². The Bertz CT molecular complexity index is 85.0. The molecule has 0 aromatic rings. The summed E-state index contributed by atoms with van der Waals surface area (Å²) in [5.41, 5.74) is 3.32. The number of hydrogen-bond donors (Lipinski definition) is 1. The predicted octanol–water partition coefficient (Wildman–Crippen LogP) is 0.562. The van der Waals surface area contributed by atoms with E-state index in [1.54, 1.807) is 17.5 Å². The van der Waals surface area contributed by atoms with Crippen molar-refractivity contribution in [1.82, 2.24) is 10.6 Å². The van der Waals surface area contributed by atoms with E-state index < -0.39 is 0 Å². The van der Waals surface area contributed by atoms with Crippen LogP contribution in [0.25, 0.3) is 0 Å². The van der Waals surface area contributed by atoms with E-state index in [1.165, 1.54) is 0 Å². The summed E-state index contributed by atoms with van der Waals surface area (Å²) in [6.07, 6.45) is 3.36. The molecule has 1 rings (SSSR count). The molecular weight excluding hydrogens is 160 g/mol. The third-order valence-electron chi connectivity index (χ3n) is 0.608. The average molecular weight is 165 g/mol. The normalized spacial score (nSPS) is 17.6. The van der Waals surface area contributed by atoms with E-state index in [1.807, 2.05) is 0 Å². The molecule has 3 nitrogen and oxygen atoms in total. The molecule has 0 unspecified atom stereocenters. The first kappa shape index (κ1) is 4.93. The van der Waals surface area contributed by atoms with Crippen LogP contribution in [0.3, 0.4) is 0 Å². The second-order valence-corrected chi connectivity index (χ2v) is 1.59. The zero-order chi connectivity index (χ0) is 5.11. The lowest BCUT2D eigenvalue weighted by molar-refractivity contribution is 0.0491. The van der Waals surface area contributed by atoms with E-state index in [2.05, 4.69) is 26.4 Å². The van der Waals surface area contributed by atoms with Crippen LogP contribution in [0.1, 0.15) is 0 Å². The summed E-state index contributed by atoms with van der Waals surface area (Å²) >= 11 is 3.21. The molecule has 0 saturated heterocycles. The van der Waals surface area contributed by atoms with Crippen molar-refractivity contribution in [3.8, 4) is 0 Å². The quantitative estimate of drug-likeness (QED) is 0.453. The molecule has 0 spiro atoms. The van der Waals surface area contributed by atoms with Crippen molar-refractivity contribution in [3.05, 3.63) is 12.5 Å². The standard InChI is InChI=1S/C3H5BrN2O/c4-3-6-1-2-7-5-6/h1-2,5H,3H2. The van der Waals surface area contributed by atoms with E-state index >= 15 is 0 Å². The summed E-state index contributed by atoms with van der Waals surface area (Å²) in [7, 11) is 0. The first-order chi connectivity index (χ1) is 3.43. The molecule has 7 heavy (non-hydrogen) atoms. The molecule has 1 N–H and O–H groups in total. The molecule has 0 amide bonds. The molecule has 1 aliphatic heterocycles. The predicted molar refractivity (Wildman–Crippen MR) is 29.0 cm³/mol. The van der Waals surface area contributed by atoms with Crippen molar-refractivity contribution in [1.29, 1.82) is 0 Å². The number of hydrazine groups is 1. The number of nitrogens with one attached hydrogen (secondary N) is 1. The minimum absolute atomic E-state index is 0.740. The number of halogens is 1. The van der Waals surface area contributed by atoms with Gasteiger partial charge in [-0.25, -0.2) is 0 Å². The Hall–Kier alpha value is -0.220. The van der Waals surface area contributed by atoms with Gasteiger partial charge in [0.2, 0.25) is 0 Å². The largest absolute Gasteiger partial charge is 0.395 e. The highest BCUT2D eigenvalue weighted by molar-refractivity contribution is 9.09. The molecule has 1 aliphatic rings. The highest BCUT2D eigenvalue weighted by Crippen LogP contribution is 1.95. The molecule has 0 saturated carbocycles. The van der Waals surface area contributed by atoms with Crippen LogP contribution in [-0.2, 0) is 4.84 Å². The molecule has 40 valence electrons. The molecule has 0 radical (unpaired) electrons. The molecule has 0 fully saturated rings.